The van der Waals surface area contributed by atoms with Crippen LogP contribution < -0.4 is 0 Å². The van der Waals surface area contributed by atoms with Crippen molar-refractivity contribution in [2.24, 2.45) is 4.99 Å². The van der Waals surface area contributed by atoms with Gasteiger partial charge in [0.05, 0.1) is 16.8 Å². The highest BCUT2D eigenvalue weighted by molar-refractivity contribution is 6.30. The van der Waals surface area contributed by atoms with Gasteiger partial charge in [-0.15, -0.1) is 0 Å². The summed E-state index contributed by atoms with van der Waals surface area (Å²) in [6.07, 6.45) is 1.58. The van der Waals surface area contributed by atoms with E-state index >= 15 is 0 Å². The van der Waals surface area contributed by atoms with Gasteiger partial charge in [-0.1, -0.05) is 29.8 Å². The van der Waals surface area contributed by atoms with Crippen molar-refractivity contribution >= 4 is 40.3 Å². The topological polar surface area (TPSA) is 94.7 Å². The normalized spacial score (nSPS) is 11.4. The Morgan fingerprint density at radius 2 is 1.78 bits per heavy atom. The number of aromatic nitrogens is 1. The number of non-ortho nitro benzene ring substituents is 1. The van der Waals surface area contributed by atoms with Gasteiger partial charge < -0.3 is 8.83 Å². The van der Waals surface area contributed by atoms with Gasteiger partial charge in [0.2, 0.25) is 5.89 Å². The summed E-state index contributed by atoms with van der Waals surface area (Å²) >= 11 is 6.05. The molecular weight excluding hydrogens is 430 g/mol. The number of hydrogen-bond acceptors (Lipinski definition) is 6. The predicted molar refractivity (Wildman–Crippen MR) is 123 cm³/mol. The highest BCUT2D eigenvalue weighted by atomic mass is 35.5. The monoisotopic (exact) mass is 443 g/mol. The van der Waals surface area contributed by atoms with Gasteiger partial charge in [-0.2, -0.15) is 0 Å². The van der Waals surface area contributed by atoms with Gasteiger partial charge >= 0.3 is 0 Å². The number of oxazole rings is 1. The minimum absolute atomic E-state index is 0.00664. The first kappa shape index (κ1) is 19.7. The second-order valence-corrected chi connectivity index (χ2v) is 7.39. The van der Waals surface area contributed by atoms with Crippen LogP contribution in [-0.2, 0) is 0 Å². The van der Waals surface area contributed by atoms with Crippen molar-refractivity contribution in [3.63, 3.8) is 0 Å². The second kappa shape index (κ2) is 8.13. The fourth-order valence-corrected chi connectivity index (χ4v) is 3.42. The van der Waals surface area contributed by atoms with Crippen LogP contribution in [0.1, 0.15) is 5.76 Å². The summed E-state index contributed by atoms with van der Waals surface area (Å²) < 4.78 is 11.6. The molecule has 5 aromatic rings. The van der Waals surface area contributed by atoms with E-state index in [0.29, 0.717) is 44.8 Å². The lowest BCUT2D eigenvalue weighted by molar-refractivity contribution is -0.384. The van der Waals surface area contributed by atoms with E-state index in [4.69, 9.17) is 20.4 Å². The number of rotatable bonds is 5. The van der Waals surface area contributed by atoms with E-state index in [1.165, 1.54) is 12.1 Å². The van der Waals surface area contributed by atoms with Crippen molar-refractivity contribution in [2.45, 2.75) is 0 Å². The van der Waals surface area contributed by atoms with E-state index in [-0.39, 0.29) is 5.69 Å². The minimum atomic E-state index is -0.438. The molecule has 5 rings (SSSR count). The summed E-state index contributed by atoms with van der Waals surface area (Å²) in [4.78, 5) is 19.5. The summed E-state index contributed by atoms with van der Waals surface area (Å²) in [5, 5.41) is 11.6. The van der Waals surface area contributed by atoms with Gasteiger partial charge in [0.1, 0.15) is 17.0 Å². The SMILES string of the molecule is O=[N+]([O-])c1cccc(-c2ccc(C=Nc3ccc4oc(-c5cccc(Cl)c5)nc4c3)o2)c1. The molecular formula is C24H14ClN3O4. The Bertz CT molecular complexity index is 1490. The summed E-state index contributed by atoms with van der Waals surface area (Å²) in [6.45, 7) is 0. The lowest BCUT2D eigenvalue weighted by Crippen LogP contribution is -1.87. The molecule has 0 saturated carbocycles. The maximum Gasteiger partial charge on any atom is 0.270 e. The van der Waals surface area contributed by atoms with Crippen LogP contribution >= 0.6 is 11.6 Å². The van der Waals surface area contributed by atoms with E-state index in [1.54, 1.807) is 48.7 Å². The average Bonchev–Trinajstić information content (AvgIpc) is 3.44. The maximum atomic E-state index is 11.0. The van der Waals surface area contributed by atoms with Crippen LogP contribution in [-0.4, -0.2) is 16.1 Å². The van der Waals surface area contributed by atoms with E-state index in [2.05, 4.69) is 9.98 Å². The molecule has 3 aromatic carbocycles. The number of hydrogen-bond donors (Lipinski definition) is 0. The van der Waals surface area contributed by atoms with Gasteiger partial charge in [0.15, 0.2) is 5.58 Å². The molecule has 0 aliphatic rings. The van der Waals surface area contributed by atoms with Crippen molar-refractivity contribution in [1.82, 2.24) is 4.98 Å². The van der Waals surface area contributed by atoms with Crippen LogP contribution in [0.25, 0.3) is 33.9 Å². The first-order chi connectivity index (χ1) is 15.5. The van der Waals surface area contributed by atoms with Gasteiger partial charge in [0, 0.05) is 28.3 Å². The Balaban J connectivity index is 1.38. The molecule has 0 amide bonds. The first-order valence-electron chi connectivity index (χ1n) is 9.60. The van der Waals surface area contributed by atoms with E-state index in [0.717, 1.165) is 5.56 Å². The molecule has 0 N–H and O–H groups in total. The Labute approximate surface area is 186 Å². The number of nitrogens with zero attached hydrogens (tertiary/aromatic N) is 3. The highest BCUT2D eigenvalue weighted by Crippen LogP contribution is 2.29. The molecule has 0 fully saturated rings. The molecule has 8 heteroatoms. The third-order valence-corrected chi connectivity index (χ3v) is 4.99. The number of halogens is 1. The maximum absolute atomic E-state index is 11.0. The number of nitro groups is 1. The average molecular weight is 444 g/mol. The van der Waals surface area contributed by atoms with Crippen molar-refractivity contribution in [3.05, 3.63) is 99.8 Å². The lowest BCUT2D eigenvalue weighted by atomic mass is 10.1. The van der Waals surface area contributed by atoms with Gasteiger partial charge in [-0.25, -0.2) is 4.98 Å². The molecule has 0 bridgehead atoms. The minimum Gasteiger partial charge on any atom is -0.455 e. The third kappa shape index (κ3) is 4.01. The molecule has 0 atom stereocenters. The molecule has 0 aliphatic carbocycles. The molecule has 2 heterocycles. The number of furan rings is 1. The molecule has 156 valence electrons. The van der Waals surface area contributed by atoms with Gasteiger partial charge in [-0.05, 0) is 48.5 Å². The zero-order valence-electron chi connectivity index (χ0n) is 16.4. The largest absolute Gasteiger partial charge is 0.455 e. The number of fused-ring (bicyclic) bond motifs is 1. The molecule has 2 aromatic heterocycles. The summed E-state index contributed by atoms with van der Waals surface area (Å²) in [5.41, 5.74) is 3.42. The number of benzene rings is 3. The molecule has 7 nitrogen and oxygen atoms in total. The summed E-state index contributed by atoms with van der Waals surface area (Å²) in [5.74, 6) is 1.52. The van der Waals surface area contributed by atoms with E-state index in [1.807, 2.05) is 24.3 Å². The van der Waals surface area contributed by atoms with Gasteiger partial charge in [-0.3, -0.25) is 15.1 Å². The van der Waals surface area contributed by atoms with Crippen molar-refractivity contribution in [3.8, 4) is 22.8 Å². The smallest absolute Gasteiger partial charge is 0.270 e. The van der Waals surface area contributed by atoms with Crippen molar-refractivity contribution < 1.29 is 13.8 Å². The van der Waals surface area contributed by atoms with E-state index < -0.39 is 4.92 Å². The first-order valence-corrected chi connectivity index (χ1v) is 9.98. The third-order valence-electron chi connectivity index (χ3n) is 4.75. The highest BCUT2D eigenvalue weighted by Gasteiger charge is 2.11. The van der Waals surface area contributed by atoms with E-state index in [9.17, 15) is 10.1 Å². The Morgan fingerprint density at radius 1 is 0.938 bits per heavy atom. The van der Waals surface area contributed by atoms with Gasteiger partial charge in [0.25, 0.3) is 5.69 Å². The standard InChI is InChI=1S/C24H14ClN3O4/c25-17-5-1-4-16(11-17)24-27-21-13-18(7-9-23(21)32-24)26-14-20-8-10-22(31-20)15-3-2-6-19(12-15)28(29)30/h1-14H. The lowest BCUT2D eigenvalue weighted by Gasteiger charge is -1.97. The fourth-order valence-electron chi connectivity index (χ4n) is 3.23. The summed E-state index contributed by atoms with van der Waals surface area (Å²) in [6, 6.07) is 22.5. The number of nitro benzene ring substituents is 1. The summed E-state index contributed by atoms with van der Waals surface area (Å²) in [7, 11) is 0. The Morgan fingerprint density at radius 3 is 2.62 bits per heavy atom. The van der Waals surface area contributed by atoms with Crippen LogP contribution in [0, 0.1) is 10.1 Å². The Kier molecular flexibility index (Phi) is 5.01. The zero-order valence-corrected chi connectivity index (χ0v) is 17.2. The number of aliphatic imine (C=N–C) groups is 1. The fraction of sp³-hybridized carbons (Fsp3) is 0. The molecule has 32 heavy (non-hydrogen) atoms. The zero-order chi connectivity index (χ0) is 22.1. The quantitative estimate of drug-likeness (QED) is 0.164. The van der Waals surface area contributed by atoms with Crippen LogP contribution in [0.4, 0.5) is 11.4 Å². The molecule has 0 unspecified atom stereocenters. The predicted octanol–water partition coefficient (Wildman–Crippen LogP) is 7.07. The van der Waals surface area contributed by atoms with Crippen molar-refractivity contribution in [2.75, 3.05) is 0 Å². The Hall–Kier alpha value is -4.23. The molecule has 0 radical (unpaired) electrons. The molecule has 0 aliphatic heterocycles. The molecule has 0 saturated heterocycles. The van der Waals surface area contributed by atoms with Crippen LogP contribution in [0.5, 0.6) is 0 Å². The van der Waals surface area contributed by atoms with Crippen LogP contribution in [0.15, 0.2) is 92.7 Å². The van der Waals surface area contributed by atoms with Crippen LogP contribution in [0.2, 0.25) is 5.02 Å². The van der Waals surface area contributed by atoms with Crippen molar-refractivity contribution in [1.29, 1.82) is 0 Å². The second-order valence-electron chi connectivity index (χ2n) is 6.95. The van der Waals surface area contributed by atoms with Crippen LogP contribution in [0.3, 0.4) is 0 Å². The molecule has 0 spiro atoms.